The molecule has 1 aliphatic rings. The highest BCUT2D eigenvalue weighted by atomic mass is 16.2. The second-order valence-electron chi connectivity index (χ2n) is 6.44. The van der Waals surface area contributed by atoms with Crippen molar-refractivity contribution in [2.24, 2.45) is 7.05 Å². The quantitative estimate of drug-likeness (QED) is 0.874. The lowest BCUT2D eigenvalue weighted by atomic mass is 9.91. The third-order valence-electron chi connectivity index (χ3n) is 4.57. The van der Waals surface area contributed by atoms with Crippen LogP contribution >= 0.6 is 0 Å². The van der Waals surface area contributed by atoms with Gasteiger partial charge in [0.15, 0.2) is 0 Å². The van der Waals surface area contributed by atoms with E-state index in [1.54, 1.807) is 0 Å². The van der Waals surface area contributed by atoms with Crippen molar-refractivity contribution >= 4 is 11.7 Å². The lowest BCUT2D eigenvalue weighted by molar-refractivity contribution is 0.0697. The van der Waals surface area contributed by atoms with E-state index in [0.29, 0.717) is 5.92 Å². The second-order valence-corrected chi connectivity index (χ2v) is 6.44. The zero-order valence-corrected chi connectivity index (χ0v) is 14.1. The summed E-state index contributed by atoms with van der Waals surface area (Å²) in [5.41, 5.74) is 2.03. The summed E-state index contributed by atoms with van der Waals surface area (Å²) in [5.74, 6) is 1.48. The first-order valence-corrected chi connectivity index (χ1v) is 8.10. The highest BCUT2D eigenvalue weighted by Gasteiger charge is 2.26. The molecule has 0 aromatic carbocycles. The molecule has 1 atom stereocenters. The largest absolute Gasteiger partial charge is 0.363 e. The van der Waals surface area contributed by atoms with Gasteiger partial charge in [-0.15, -0.1) is 0 Å². The van der Waals surface area contributed by atoms with Crippen LogP contribution < -0.4 is 4.90 Å². The van der Waals surface area contributed by atoms with Gasteiger partial charge in [-0.1, -0.05) is 0 Å². The Labute approximate surface area is 137 Å². The molecule has 2 aromatic heterocycles. The van der Waals surface area contributed by atoms with Crippen molar-refractivity contribution in [2.75, 3.05) is 32.1 Å². The molecule has 0 N–H and O–H groups in total. The minimum atomic E-state index is 0.129. The number of nitrogens with zero attached hydrogens (tertiary/aromatic N) is 4. The molecule has 1 fully saturated rings. The van der Waals surface area contributed by atoms with Crippen LogP contribution in [0.5, 0.6) is 0 Å². The van der Waals surface area contributed by atoms with Crippen molar-refractivity contribution in [1.29, 1.82) is 0 Å². The zero-order chi connectivity index (χ0) is 16.4. The van der Waals surface area contributed by atoms with E-state index in [1.807, 2.05) is 60.0 Å². The van der Waals surface area contributed by atoms with E-state index in [-0.39, 0.29) is 5.91 Å². The first kappa shape index (κ1) is 15.6. The molecule has 0 spiro atoms. The van der Waals surface area contributed by atoms with Gasteiger partial charge in [0.25, 0.3) is 5.91 Å². The Morgan fingerprint density at radius 1 is 1.35 bits per heavy atom. The molecule has 1 aliphatic heterocycles. The monoisotopic (exact) mass is 312 g/mol. The van der Waals surface area contributed by atoms with E-state index < -0.39 is 0 Å². The average molecular weight is 312 g/mol. The third kappa shape index (κ3) is 3.23. The van der Waals surface area contributed by atoms with Gasteiger partial charge in [-0.25, -0.2) is 4.98 Å². The maximum atomic E-state index is 12.7. The molecule has 3 rings (SSSR count). The first-order chi connectivity index (χ1) is 11.1. The number of pyridine rings is 1. The Morgan fingerprint density at radius 2 is 2.17 bits per heavy atom. The molecular weight excluding hydrogens is 288 g/mol. The standard InChI is InChI=1S/C18H24N4O/c1-20(2)17-12-14(8-9-19-17)15-6-4-11-22(13-15)18(23)16-7-5-10-21(16)3/h5,7-10,12,15H,4,6,11,13H2,1-3H3. The van der Waals surface area contributed by atoms with E-state index in [2.05, 4.69) is 17.1 Å². The van der Waals surface area contributed by atoms with Gasteiger partial charge in [0.1, 0.15) is 11.5 Å². The van der Waals surface area contributed by atoms with Crippen LogP contribution in [0.3, 0.4) is 0 Å². The zero-order valence-electron chi connectivity index (χ0n) is 14.1. The molecule has 23 heavy (non-hydrogen) atoms. The average Bonchev–Trinajstić information content (AvgIpc) is 3.00. The van der Waals surface area contributed by atoms with Crippen LogP contribution in [-0.4, -0.2) is 47.5 Å². The fourth-order valence-corrected chi connectivity index (χ4v) is 3.21. The van der Waals surface area contributed by atoms with E-state index in [0.717, 1.165) is 37.4 Å². The summed E-state index contributed by atoms with van der Waals surface area (Å²) < 4.78 is 1.89. The Morgan fingerprint density at radius 3 is 2.87 bits per heavy atom. The van der Waals surface area contributed by atoms with E-state index in [4.69, 9.17) is 0 Å². The van der Waals surface area contributed by atoms with Gasteiger partial charge in [0.05, 0.1) is 0 Å². The van der Waals surface area contributed by atoms with E-state index in [1.165, 1.54) is 5.56 Å². The lowest BCUT2D eigenvalue weighted by Crippen LogP contribution is -2.39. The first-order valence-electron chi connectivity index (χ1n) is 8.10. The van der Waals surface area contributed by atoms with Gasteiger partial charge in [-0.2, -0.15) is 0 Å². The predicted octanol–water partition coefficient (Wildman–Crippen LogP) is 2.51. The summed E-state index contributed by atoms with van der Waals surface area (Å²) in [4.78, 5) is 21.1. The van der Waals surface area contributed by atoms with Crippen LogP contribution in [0.25, 0.3) is 0 Å². The van der Waals surface area contributed by atoms with Crippen molar-refractivity contribution in [2.45, 2.75) is 18.8 Å². The Balaban J connectivity index is 1.77. The molecule has 5 nitrogen and oxygen atoms in total. The molecule has 2 aromatic rings. The fraction of sp³-hybridized carbons (Fsp3) is 0.444. The van der Waals surface area contributed by atoms with Crippen LogP contribution in [0, 0.1) is 0 Å². The number of amides is 1. The second kappa shape index (κ2) is 6.44. The molecule has 122 valence electrons. The molecular formula is C18H24N4O. The maximum absolute atomic E-state index is 12.7. The van der Waals surface area contributed by atoms with Gasteiger partial charge >= 0.3 is 0 Å². The van der Waals surface area contributed by atoms with Crippen molar-refractivity contribution < 1.29 is 4.79 Å². The number of hydrogen-bond donors (Lipinski definition) is 0. The van der Waals surface area contributed by atoms with Gasteiger partial charge in [-0.05, 0) is 42.7 Å². The Kier molecular flexibility index (Phi) is 4.37. The summed E-state index contributed by atoms with van der Waals surface area (Å²) in [6, 6.07) is 8.03. The number of rotatable bonds is 3. The van der Waals surface area contributed by atoms with Crippen molar-refractivity contribution in [1.82, 2.24) is 14.5 Å². The highest BCUT2D eigenvalue weighted by Crippen LogP contribution is 2.29. The van der Waals surface area contributed by atoms with Crippen molar-refractivity contribution in [3.05, 3.63) is 47.9 Å². The number of piperidine rings is 1. The number of aromatic nitrogens is 2. The molecule has 0 bridgehead atoms. The van der Waals surface area contributed by atoms with Crippen molar-refractivity contribution in [3.8, 4) is 0 Å². The highest BCUT2D eigenvalue weighted by molar-refractivity contribution is 5.92. The summed E-state index contributed by atoms with van der Waals surface area (Å²) in [6.07, 6.45) is 5.94. The fourth-order valence-electron chi connectivity index (χ4n) is 3.21. The molecule has 5 heteroatoms. The third-order valence-corrected chi connectivity index (χ3v) is 4.57. The van der Waals surface area contributed by atoms with Gasteiger partial charge in [0, 0.05) is 52.5 Å². The van der Waals surface area contributed by atoms with Crippen LogP contribution in [-0.2, 0) is 7.05 Å². The molecule has 0 aliphatic carbocycles. The SMILES string of the molecule is CN(C)c1cc(C2CCCN(C(=O)c3cccn3C)C2)ccn1. The summed E-state index contributed by atoms with van der Waals surface area (Å²) in [5, 5.41) is 0. The molecule has 1 unspecified atom stereocenters. The van der Waals surface area contributed by atoms with Crippen LogP contribution in [0.2, 0.25) is 0 Å². The predicted molar refractivity (Wildman–Crippen MR) is 91.9 cm³/mol. The summed E-state index contributed by atoms with van der Waals surface area (Å²) in [7, 11) is 5.91. The Hall–Kier alpha value is -2.30. The molecule has 0 saturated carbocycles. The van der Waals surface area contributed by atoms with Crippen LogP contribution in [0.1, 0.15) is 34.8 Å². The lowest BCUT2D eigenvalue weighted by Gasteiger charge is -2.33. The number of anilines is 1. The van der Waals surface area contributed by atoms with Gasteiger partial charge in [0.2, 0.25) is 0 Å². The van der Waals surface area contributed by atoms with Gasteiger partial charge in [-0.3, -0.25) is 4.79 Å². The van der Waals surface area contributed by atoms with Crippen molar-refractivity contribution in [3.63, 3.8) is 0 Å². The maximum Gasteiger partial charge on any atom is 0.270 e. The number of carbonyl (C=O) groups excluding carboxylic acids is 1. The van der Waals surface area contributed by atoms with Crippen LogP contribution in [0.4, 0.5) is 5.82 Å². The summed E-state index contributed by atoms with van der Waals surface area (Å²) >= 11 is 0. The molecule has 0 radical (unpaired) electrons. The number of hydrogen-bond acceptors (Lipinski definition) is 3. The topological polar surface area (TPSA) is 41.4 Å². The van der Waals surface area contributed by atoms with E-state index >= 15 is 0 Å². The number of carbonyl (C=O) groups is 1. The molecule has 1 saturated heterocycles. The van der Waals surface area contributed by atoms with Crippen LogP contribution in [0.15, 0.2) is 36.7 Å². The number of likely N-dealkylation sites (tertiary alicyclic amines) is 1. The Bertz CT molecular complexity index is 692. The summed E-state index contributed by atoms with van der Waals surface area (Å²) in [6.45, 7) is 1.62. The minimum Gasteiger partial charge on any atom is -0.363 e. The molecule has 1 amide bonds. The minimum absolute atomic E-state index is 0.129. The number of aryl methyl sites for hydroxylation is 1. The smallest absolute Gasteiger partial charge is 0.270 e. The van der Waals surface area contributed by atoms with E-state index in [9.17, 15) is 4.79 Å². The molecule has 3 heterocycles. The normalized spacial score (nSPS) is 18.0. The van der Waals surface area contributed by atoms with Gasteiger partial charge < -0.3 is 14.4 Å².